The van der Waals surface area contributed by atoms with Crippen LogP contribution in [0.5, 0.6) is 0 Å². The number of allylic oxidation sites excluding steroid dienone is 3. The lowest BCUT2D eigenvalue weighted by molar-refractivity contribution is -0.138. The third kappa shape index (κ3) is 4.82. The Kier molecular flexibility index (Phi) is 6.25. The molecule has 4 rings (SSSR count). The number of hydrogen-bond donors (Lipinski definition) is 2. The van der Waals surface area contributed by atoms with Crippen molar-refractivity contribution in [2.45, 2.75) is 44.5 Å². The van der Waals surface area contributed by atoms with Crippen molar-refractivity contribution in [2.75, 3.05) is 5.32 Å². The van der Waals surface area contributed by atoms with Crippen LogP contribution in [0.1, 0.15) is 48.8 Å². The van der Waals surface area contributed by atoms with Crippen LogP contribution >= 0.6 is 0 Å². The van der Waals surface area contributed by atoms with E-state index in [4.69, 9.17) is 0 Å². The minimum absolute atomic E-state index is 0.0766. The molecule has 2 N–H and O–H groups in total. The van der Waals surface area contributed by atoms with E-state index in [1.54, 1.807) is 0 Å². The number of rotatable bonds is 3. The highest BCUT2D eigenvalue weighted by molar-refractivity contribution is 6.09. The Hall–Kier alpha value is -3.56. The predicted molar refractivity (Wildman–Crippen MR) is 116 cm³/mol. The third-order valence-electron chi connectivity index (χ3n) is 6.05. The number of amides is 1. The Morgan fingerprint density at radius 3 is 2.37 bits per heavy atom. The number of carbonyl (C=O) groups is 2. The van der Waals surface area contributed by atoms with Crippen molar-refractivity contribution in [3.05, 3.63) is 87.8 Å². The minimum atomic E-state index is -4.75. The fourth-order valence-electron chi connectivity index (χ4n) is 4.57. The number of nitrogens with one attached hydrogen (secondary N) is 2. The average molecular weight is 494 g/mol. The summed E-state index contributed by atoms with van der Waals surface area (Å²) in [5.74, 6) is -2.61. The van der Waals surface area contributed by atoms with Crippen LogP contribution in [0, 0.1) is 0 Å². The van der Waals surface area contributed by atoms with E-state index in [0.29, 0.717) is 18.5 Å². The fourth-order valence-corrected chi connectivity index (χ4v) is 4.57. The van der Waals surface area contributed by atoms with Crippen LogP contribution in [-0.4, -0.2) is 11.7 Å². The molecular formula is C25H20F6N2O2. The van der Waals surface area contributed by atoms with Gasteiger partial charge < -0.3 is 10.6 Å². The maximum Gasteiger partial charge on any atom is 0.416 e. The molecule has 0 radical (unpaired) electrons. The fraction of sp³-hybridized carbons (Fsp3) is 0.280. The Bertz CT molecular complexity index is 1260. The molecule has 10 heteroatoms. The van der Waals surface area contributed by atoms with Gasteiger partial charge in [0.25, 0.3) is 5.91 Å². The van der Waals surface area contributed by atoms with Gasteiger partial charge >= 0.3 is 12.4 Å². The summed E-state index contributed by atoms with van der Waals surface area (Å²) in [5.41, 5.74) is -1.83. The molecule has 184 valence electrons. The lowest BCUT2D eigenvalue weighted by atomic mass is 9.73. The number of carbonyl (C=O) groups excluding carboxylic acids is 2. The number of ketones is 1. The number of anilines is 1. The summed E-state index contributed by atoms with van der Waals surface area (Å²) in [6.07, 6.45) is -8.35. The quantitative estimate of drug-likeness (QED) is 0.491. The van der Waals surface area contributed by atoms with Gasteiger partial charge in [0.2, 0.25) is 0 Å². The highest BCUT2D eigenvalue weighted by Gasteiger charge is 2.43. The number of dihydropyridines is 1. The summed E-state index contributed by atoms with van der Waals surface area (Å²) >= 11 is 0. The third-order valence-corrected chi connectivity index (χ3v) is 6.05. The van der Waals surface area contributed by atoms with Crippen LogP contribution < -0.4 is 10.6 Å². The van der Waals surface area contributed by atoms with Gasteiger partial charge in [-0.2, -0.15) is 26.3 Å². The summed E-state index contributed by atoms with van der Waals surface area (Å²) in [6, 6.07) is 8.62. The van der Waals surface area contributed by atoms with Crippen LogP contribution in [0.25, 0.3) is 0 Å². The van der Waals surface area contributed by atoms with Crippen molar-refractivity contribution in [3.8, 4) is 0 Å². The maximum absolute atomic E-state index is 13.9. The van der Waals surface area contributed by atoms with Crippen LogP contribution in [0.3, 0.4) is 0 Å². The molecule has 0 fully saturated rings. The van der Waals surface area contributed by atoms with Crippen molar-refractivity contribution in [3.63, 3.8) is 0 Å². The summed E-state index contributed by atoms with van der Waals surface area (Å²) in [6.45, 7) is 1.49. The van der Waals surface area contributed by atoms with Gasteiger partial charge in [-0.05, 0) is 49.6 Å². The number of benzene rings is 2. The van der Waals surface area contributed by atoms with Gasteiger partial charge in [-0.1, -0.05) is 24.3 Å². The smallest absolute Gasteiger partial charge is 0.362 e. The topological polar surface area (TPSA) is 58.2 Å². The molecule has 2 aromatic carbocycles. The van der Waals surface area contributed by atoms with Crippen molar-refractivity contribution >= 4 is 17.4 Å². The van der Waals surface area contributed by atoms with Gasteiger partial charge in [0.1, 0.15) is 0 Å². The van der Waals surface area contributed by atoms with E-state index in [1.165, 1.54) is 31.2 Å². The van der Waals surface area contributed by atoms with E-state index in [0.717, 1.165) is 24.3 Å². The van der Waals surface area contributed by atoms with Crippen LogP contribution in [-0.2, 0) is 21.9 Å². The molecule has 35 heavy (non-hydrogen) atoms. The summed E-state index contributed by atoms with van der Waals surface area (Å²) in [7, 11) is 0. The molecule has 1 unspecified atom stereocenters. The zero-order valence-corrected chi connectivity index (χ0v) is 18.4. The largest absolute Gasteiger partial charge is 0.416 e. The van der Waals surface area contributed by atoms with Crippen molar-refractivity contribution in [1.82, 2.24) is 5.32 Å². The Balaban J connectivity index is 1.83. The van der Waals surface area contributed by atoms with Gasteiger partial charge in [-0.25, -0.2) is 0 Å². The van der Waals surface area contributed by atoms with Crippen molar-refractivity contribution in [2.24, 2.45) is 0 Å². The first-order valence-electron chi connectivity index (χ1n) is 10.8. The Morgan fingerprint density at radius 1 is 0.971 bits per heavy atom. The minimum Gasteiger partial charge on any atom is -0.362 e. The van der Waals surface area contributed by atoms with Crippen LogP contribution in [0.2, 0.25) is 0 Å². The van der Waals surface area contributed by atoms with Crippen molar-refractivity contribution in [1.29, 1.82) is 0 Å². The van der Waals surface area contributed by atoms with Gasteiger partial charge in [0, 0.05) is 40.6 Å². The average Bonchev–Trinajstić information content (AvgIpc) is 2.77. The molecule has 0 saturated carbocycles. The molecule has 0 aromatic heterocycles. The highest BCUT2D eigenvalue weighted by Crippen LogP contribution is 2.46. The van der Waals surface area contributed by atoms with Gasteiger partial charge in [-0.3, -0.25) is 9.59 Å². The highest BCUT2D eigenvalue weighted by atomic mass is 19.4. The van der Waals surface area contributed by atoms with E-state index in [9.17, 15) is 35.9 Å². The van der Waals surface area contributed by atoms with E-state index in [1.807, 2.05) is 0 Å². The number of halogens is 6. The van der Waals surface area contributed by atoms with Crippen molar-refractivity contribution < 1.29 is 35.9 Å². The van der Waals surface area contributed by atoms with E-state index in [2.05, 4.69) is 10.6 Å². The second-order valence-electron chi connectivity index (χ2n) is 8.38. The predicted octanol–water partition coefficient (Wildman–Crippen LogP) is 6.33. The van der Waals surface area contributed by atoms with Crippen LogP contribution in [0.15, 0.2) is 71.1 Å². The molecular weight excluding hydrogens is 474 g/mol. The number of alkyl halides is 6. The molecule has 1 aliphatic carbocycles. The normalized spacial score (nSPS) is 18.8. The first-order chi connectivity index (χ1) is 16.4. The zero-order valence-electron chi connectivity index (χ0n) is 18.4. The summed E-state index contributed by atoms with van der Waals surface area (Å²) in [5, 5.41) is 5.35. The molecule has 4 nitrogen and oxygen atoms in total. The summed E-state index contributed by atoms with van der Waals surface area (Å²) in [4.78, 5) is 26.3. The lowest BCUT2D eigenvalue weighted by Gasteiger charge is -2.35. The van der Waals surface area contributed by atoms with Gasteiger partial charge in [-0.15, -0.1) is 0 Å². The molecule has 0 bridgehead atoms. The zero-order chi connectivity index (χ0) is 25.5. The second-order valence-corrected chi connectivity index (χ2v) is 8.38. The maximum atomic E-state index is 13.9. The molecule has 0 spiro atoms. The second kappa shape index (κ2) is 8.90. The van der Waals surface area contributed by atoms with E-state index >= 15 is 0 Å². The van der Waals surface area contributed by atoms with Crippen LogP contribution in [0.4, 0.5) is 32.0 Å². The first kappa shape index (κ1) is 24.6. The molecule has 0 saturated heterocycles. The molecule has 2 aromatic rings. The van der Waals surface area contributed by atoms with E-state index in [-0.39, 0.29) is 40.3 Å². The lowest BCUT2D eigenvalue weighted by Crippen LogP contribution is -2.36. The van der Waals surface area contributed by atoms with E-state index < -0.39 is 35.3 Å². The van der Waals surface area contributed by atoms with Gasteiger partial charge in [0.05, 0.1) is 11.1 Å². The first-order valence-corrected chi connectivity index (χ1v) is 10.8. The number of Topliss-reactive ketones (excluding diaryl/α,β-unsaturated/α-hetero) is 1. The Morgan fingerprint density at radius 2 is 1.69 bits per heavy atom. The summed E-state index contributed by atoms with van der Waals surface area (Å²) < 4.78 is 81.1. The SMILES string of the molecule is CC1=C(C(=O)Nc2cccc(C(F)(F)F)c2)C(c2ccccc2C(F)(F)F)C2=C(CCCC2=O)N1. The monoisotopic (exact) mass is 494 g/mol. The molecule has 2 aliphatic rings. The van der Waals surface area contributed by atoms with Gasteiger partial charge in [0.15, 0.2) is 5.78 Å². The molecule has 1 amide bonds. The Labute approximate surface area is 196 Å². The number of hydrogen-bond acceptors (Lipinski definition) is 3. The standard InChI is InChI=1S/C25H20F6N2O2/c1-13-20(23(35)33-15-7-4-6-14(12-15)24(26,27)28)21(22-18(32-13)10-5-11-19(22)34)16-8-2-3-9-17(16)25(29,30)31/h2-4,6-9,12,21,32H,5,10-11H2,1H3,(H,33,35). The molecule has 1 aliphatic heterocycles. The molecule has 1 atom stereocenters. The molecule has 1 heterocycles.